The maximum Gasteiger partial charge on any atom is -0.0302 e. The van der Waals surface area contributed by atoms with E-state index in [-0.39, 0.29) is 0 Å². The van der Waals surface area contributed by atoms with Gasteiger partial charge < -0.3 is 0 Å². The second kappa shape index (κ2) is 9.93. The highest BCUT2D eigenvalue weighted by Crippen LogP contribution is 2.19. The molecule has 0 aromatic carbocycles. The van der Waals surface area contributed by atoms with Gasteiger partial charge in [-0.25, -0.2) is 0 Å². The zero-order valence-corrected chi connectivity index (χ0v) is 12.0. The van der Waals surface area contributed by atoms with Crippen molar-refractivity contribution in [3.63, 3.8) is 0 Å². The standard InChI is InChI=1S/C16H32/c1-5-6-7-8-9-10-11-12-13-14-15-16(2,3)4/h13-14H,5-12,15H2,1-4H3/b14-13+. The van der Waals surface area contributed by atoms with Gasteiger partial charge in [0.15, 0.2) is 0 Å². The Hall–Kier alpha value is -0.260. The van der Waals surface area contributed by atoms with E-state index in [1.165, 1.54) is 57.8 Å². The van der Waals surface area contributed by atoms with Gasteiger partial charge >= 0.3 is 0 Å². The fourth-order valence-electron chi connectivity index (χ4n) is 1.77. The third-order valence-corrected chi connectivity index (χ3v) is 2.87. The summed E-state index contributed by atoms with van der Waals surface area (Å²) < 4.78 is 0. The van der Waals surface area contributed by atoms with Crippen LogP contribution in [-0.4, -0.2) is 0 Å². The van der Waals surface area contributed by atoms with Crippen LogP contribution in [0, 0.1) is 5.41 Å². The molecule has 0 heteroatoms. The Morgan fingerprint density at radius 3 is 1.88 bits per heavy atom. The number of hydrogen-bond donors (Lipinski definition) is 0. The number of allylic oxidation sites excluding steroid dienone is 2. The minimum absolute atomic E-state index is 0.455. The van der Waals surface area contributed by atoms with E-state index in [1.807, 2.05) is 0 Å². The summed E-state index contributed by atoms with van der Waals surface area (Å²) in [6, 6.07) is 0. The smallest absolute Gasteiger partial charge is 0.0302 e. The van der Waals surface area contributed by atoms with Crippen LogP contribution in [0.15, 0.2) is 12.2 Å². The first-order valence-electron chi connectivity index (χ1n) is 7.21. The molecule has 0 saturated heterocycles. The monoisotopic (exact) mass is 224 g/mol. The van der Waals surface area contributed by atoms with Crippen molar-refractivity contribution in [2.24, 2.45) is 5.41 Å². The second-order valence-corrected chi connectivity index (χ2v) is 6.15. The van der Waals surface area contributed by atoms with Crippen LogP contribution in [0.25, 0.3) is 0 Å². The van der Waals surface area contributed by atoms with Gasteiger partial charge in [-0.2, -0.15) is 0 Å². The van der Waals surface area contributed by atoms with Gasteiger partial charge in [0.1, 0.15) is 0 Å². The quantitative estimate of drug-likeness (QED) is 0.327. The van der Waals surface area contributed by atoms with E-state index in [0.717, 1.165) is 0 Å². The van der Waals surface area contributed by atoms with E-state index >= 15 is 0 Å². The van der Waals surface area contributed by atoms with Gasteiger partial charge in [0.05, 0.1) is 0 Å². The Balaban J connectivity index is 3.15. The van der Waals surface area contributed by atoms with Crippen molar-refractivity contribution >= 4 is 0 Å². The molecule has 0 unspecified atom stereocenters. The minimum atomic E-state index is 0.455. The van der Waals surface area contributed by atoms with Gasteiger partial charge in [-0.15, -0.1) is 0 Å². The molecule has 0 heterocycles. The lowest BCUT2D eigenvalue weighted by molar-refractivity contribution is 0.420. The van der Waals surface area contributed by atoms with E-state index in [9.17, 15) is 0 Å². The molecule has 0 aromatic rings. The van der Waals surface area contributed by atoms with Crippen LogP contribution in [0.3, 0.4) is 0 Å². The van der Waals surface area contributed by atoms with Gasteiger partial charge in [-0.1, -0.05) is 78.4 Å². The summed E-state index contributed by atoms with van der Waals surface area (Å²) in [5.41, 5.74) is 0.455. The second-order valence-electron chi connectivity index (χ2n) is 6.15. The molecule has 0 aliphatic heterocycles. The summed E-state index contributed by atoms with van der Waals surface area (Å²) in [7, 11) is 0. The van der Waals surface area contributed by atoms with Crippen molar-refractivity contribution in [1.82, 2.24) is 0 Å². The highest BCUT2D eigenvalue weighted by atomic mass is 14.1. The fraction of sp³-hybridized carbons (Fsp3) is 0.875. The van der Waals surface area contributed by atoms with Crippen LogP contribution in [-0.2, 0) is 0 Å². The lowest BCUT2D eigenvalue weighted by Crippen LogP contribution is -2.01. The average Bonchev–Trinajstić information content (AvgIpc) is 2.19. The van der Waals surface area contributed by atoms with Crippen LogP contribution in [0.1, 0.15) is 85.5 Å². The summed E-state index contributed by atoms with van der Waals surface area (Å²) in [6.45, 7) is 9.17. The first-order valence-corrected chi connectivity index (χ1v) is 7.21. The molecule has 0 saturated carbocycles. The predicted octanol–water partition coefficient (Wildman–Crippen LogP) is 6.12. The van der Waals surface area contributed by atoms with Crippen LogP contribution in [0.2, 0.25) is 0 Å². The lowest BCUT2D eigenvalue weighted by atomic mass is 9.92. The summed E-state index contributed by atoms with van der Waals surface area (Å²) >= 11 is 0. The Morgan fingerprint density at radius 1 is 0.750 bits per heavy atom. The van der Waals surface area contributed by atoms with Crippen LogP contribution in [0.5, 0.6) is 0 Å². The fourth-order valence-corrected chi connectivity index (χ4v) is 1.77. The highest BCUT2D eigenvalue weighted by Gasteiger charge is 2.05. The zero-order valence-electron chi connectivity index (χ0n) is 12.0. The maximum atomic E-state index is 2.37. The molecule has 0 amide bonds. The van der Waals surface area contributed by atoms with Crippen molar-refractivity contribution in [3.05, 3.63) is 12.2 Å². The molecule has 0 rings (SSSR count). The van der Waals surface area contributed by atoms with Crippen LogP contribution >= 0.6 is 0 Å². The van der Waals surface area contributed by atoms with Crippen LogP contribution in [0.4, 0.5) is 0 Å². The molecule has 0 aromatic heterocycles. The Bertz CT molecular complexity index is 159. The Morgan fingerprint density at radius 2 is 1.31 bits per heavy atom. The Kier molecular flexibility index (Phi) is 9.77. The van der Waals surface area contributed by atoms with Gasteiger partial charge in [0.25, 0.3) is 0 Å². The number of unbranched alkanes of at least 4 members (excludes halogenated alkanes) is 7. The third kappa shape index (κ3) is 13.7. The lowest BCUT2D eigenvalue weighted by Gasteiger charge is -2.14. The largest absolute Gasteiger partial charge is 0.0885 e. The van der Waals surface area contributed by atoms with Crippen molar-refractivity contribution in [1.29, 1.82) is 0 Å². The minimum Gasteiger partial charge on any atom is -0.0885 e. The average molecular weight is 224 g/mol. The molecule has 0 bridgehead atoms. The highest BCUT2D eigenvalue weighted by molar-refractivity contribution is 4.85. The maximum absolute atomic E-state index is 2.37. The first-order chi connectivity index (χ1) is 7.56. The summed E-state index contributed by atoms with van der Waals surface area (Å²) in [6.07, 6.45) is 17.1. The van der Waals surface area contributed by atoms with E-state index in [1.54, 1.807) is 0 Å². The zero-order chi connectivity index (χ0) is 12.3. The van der Waals surface area contributed by atoms with Crippen molar-refractivity contribution < 1.29 is 0 Å². The van der Waals surface area contributed by atoms with Gasteiger partial charge in [-0.05, 0) is 24.7 Å². The van der Waals surface area contributed by atoms with E-state index in [4.69, 9.17) is 0 Å². The van der Waals surface area contributed by atoms with Gasteiger partial charge in [0, 0.05) is 0 Å². The molecule has 0 aliphatic carbocycles. The van der Waals surface area contributed by atoms with Gasteiger partial charge in [0.2, 0.25) is 0 Å². The van der Waals surface area contributed by atoms with Crippen LogP contribution < -0.4 is 0 Å². The molecule has 0 spiro atoms. The van der Waals surface area contributed by atoms with E-state index < -0.39 is 0 Å². The molecule has 0 fully saturated rings. The summed E-state index contributed by atoms with van der Waals surface area (Å²) in [5, 5.41) is 0. The molecule has 0 radical (unpaired) electrons. The SMILES string of the molecule is CCCCCCCCC/C=C/CC(C)(C)C. The normalized spacial score (nSPS) is 12.5. The first kappa shape index (κ1) is 15.7. The molecule has 0 aliphatic rings. The molecular weight excluding hydrogens is 192 g/mol. The van der Waals surface area contributed by atoms with Crippen molar-refractivity contribution in [3.8, 4) is 0 Å². The third-order valence-electron chi connectivity index (χ3n) is 2.87. The topological polar surface area (TPSA) is 0 Å². The van der Waals surface area contributed by atoms with Gasteiger partial charge in [-0.3, -0.25) is 0 Å². The molecular formula is C16H32. The molecule has 96 valence electrons. The van der Waals surface area contributed by atoms with Crippen molar-refractivity contribution in [2.75, 3.05) is 0 Å². The van der Waals surface area contributed by atoms with E-state index in [2.05, 4.69) is 39.8 Å². The number of rotatable bonds is 9. The molecule has 0 atom stereocenters. The summed E-state index contributed by atoms with van der Waals surface area (Å²) in [5.74, 6) is 0. The predicted molar refractivity (Wildman–Crippen MR) is 75.8 cm³/mol. The molecule has 0 N–H and O–H groups in total. The van der Waals surface area contributed by atoms with Crippen molar-refractivity contribution in [2.45, 2.75) is 85.5 Å². The number of hydrogen-bond acceptors (Lipinski definition) is 0. The molecule has 16 heavy (non-hydrogen) atoms. The Labute approximate surface area is 104 Å². The van der Waals surface area contributed by atoms with E-state index in [0.29, 0.717) is 5.41 Å². The molecule has 0 nitrogen and oxygen atoms in total. The summed E-state index contributed by atoms with van der Waals surface area (Å²) in [4.78, 5) is 0.